The summed E-state index contributed by atoms with van der Waals surface area (Å²) in [7, 11) is 0. The Morgan fingerprint density at radius 3 is 2.36 bits per heavy atom. The average Bonchev–Trinajstić information content (AvgIpc) is 3.24. The van der Waals surface area contributed by atoms with Gasteiger partial charge >= 0.3 is 0 Å². The number of carbonyl (C=O) groups excluding carboxylic acids is 2. The van der Waals surface area contributed by atoms with Crippen molar-refractivity contribution in [2.45, 2.75) is 44.4 Å². The fraction of sp³-hybridized carbons (Fsp3) is 0.286. The summed E-state index contributed by atoms with van der Waals surface area (Å²) in [4.78, 5) is 27.0. The van der Waals surface area contributed by atoms with Crippen molar-refractivity contribution < 1.29 is 9.59 Å². The molecule has 1 atom stereocenters. The van der Waals surface area contributed by atoms with E-state index in [0.717, 1.165) is 23.4 Å². The Morgan fingerprint density at radius 2 is 1.67 bits per heavy atom. The molecule has 1 heterocycles. The second-order valence-electron chi connectivity index (χ2n) is 8.35. The van der Waals surface area contributed by atoms with E-state index in [0.29, 0.717) is 11.3 Å². The van der Waals surface area contributed by atoms with Gasteiger partial charge in [-0.05, 0) is 60.4 Å². The molecule has 33 heavy (non-hydrogen) atoms. The van der Waals surface area contributed by atoms with Gasteiger partial charge in [0, 0.05) is 16.9 Å². The highest BCUT2D eigenvalue weighted by Crippen LogP contribution is 2.41. The number of hydrogen-bond donors (Lipinski definition) is 1. The number of rotatable bonds is 9. The number of thioether (sulfide) groups is 1. The van der Waals surface area contributed by atoms with Crippen LogP contribution in [-0.2, 0) is 11.2 Å². The van der Waals surface area contributed by atoms with Crippen LogP contribution in [-0.4, -0.2) is 17.6 Å². The van der Waals surface area contributed by atoms with Crippen molar-refractivity contribution in [2.24, 2.45) is 0 Å². The molecule has 170 valence electrons. The summed E-state index contributed by atoms with van der Waals surface area (Å²) < 4.78 is 0. The van der Waals surface area contributed by atoms with E-state index in [2.05, 4.69) is 24.4 Å². The first-order valence-corrected chi connectivity index (χ1v) is 12.7. The lowest BCUT2D eigenvalue weighted by Gasteiger charge is -2.24. The Morgan fingerprint density at radius 1 is 0.939 bits per heavy atom. The van der Waals surface area contributed by atoms with E-state index in [1.807, 2.05) is 71.6 Å². The van der Waals surface area contributed by atoms with Crippen LogP contribution in [0.3, 0.4) is 0 Å². The van der Waals surface area contributed by atoms with Crippen molar-refractivity contribution in [3.8, 4) is 0 Å². The molecule has 0 aromatic heterocycles. The summed E-state index contributed by atoms with van der Waals surface area (Å²) in [6.45, 7) is 2.22. The van der Waals surface area contributed by atoms with Crippen LogP contribution in [0, 0.1) is 0 Å². The summed E-state index contributed by atoms with van der Waals surface area (Å²) in [5.74, 6) is 0.464. The number of anilines is 2. The van der Waals surface area contributed by atoms with Crippen LogP contribution in [0.5, 0.6) is 0 Å². The van der Waals surface area contributed by atoms with E-state index in [1.165, 1.54) is 31.2 Å². The minimum absolute atomic E-state index is 0.0606. The summed E-state index contributed by atoms with van der Waals surface area (Å²) in [5.41, 5.74) is 4.62. The molecule has 3 aromatic carbocycles. The van der Waals surface area contributed by atoms with Crippen molar-refractivity contribution in [2.75, 3.05) is 16.0 Å². The van der Waals surface area contributed by atoms with Crippen LogP contribution in [0.25, 0.3) is 0 Å². The van der Waals surface area contributed by atoms with Crippen LogP contribution in [0.4, 0.5) is 11.4 Å². The molecule has 0 saturated carbocycles. The molecule has 1 saturated heterocycles. The maximum absolute atomic E-state index is 12.7. The number of nitrogens with one attached hydrogen (secondary N) is 1. The monoisotopic (exact) mass is 458 g/mol. The summed E-state index contributed by atoms with van der Waals surface area (Å²) in [6.07, 6.45) is 6.02. The predicted octanol–water partition coefficient (Wildman–Crippen LogP) is 6.84. The molecule has 1 fully saturated rings. The molecule has 0 radical (unpaired) electrons. The number of amides is 2. The Hall–Kier alpha value is -3.05. The van der Waals surface area contributed by atoms with Crippen molar-refractivity contribution in [1.82, 2.24) is 0 Å². The number of benzene rings is 3. The lowest BCUT2D eigenvalue weighted by Crippen LogP contribution is -2.27. The Balaban J connectivity index is 1.37. The first kappa shape index (κ1) is 23.1. The van der Waals surface area contributed by atoms with E-state index in [4.69, 9.17) is 0 Å². The molecule has 4 rings (SSSR count). The fourth-order valence-electron chi connectivity index (χ4n) is 4.05. The van der Waals surface area contributed by atoms with E-state index < -0.39 is 0 Å². The molecule has 1 N–H and O–H groups in total. The third-order valence-corrected chi connectivity index (χ3v) is 7.10. The zero-order valence-corrected chi connectivity index (χ0v) is 19.8. The van der Waals surface area contributed by atoms with Crippen molar-refractivity contribution in [1.29, 1.82) is 0 Å². The maximum Gasteiger partial charge on any atom is 0.255 e. The Kier molecular flexibility index (Phi) is 7.84. The average molecular weight is 459 g/mol. The number of hydrogen-bond acceptors (Lipinski definition) is 3. The van der Waals surface area contributed by atoms with Crippen LogP contribution in [0.15, 0.2) is 78.9 Å². The quantitative estimate of drug-likeness (QED) is 0.357. The summed E-state index contributed by atoms with van der Waals surface area (Å²) in [5, 5.41) is 2.92. The van der Waals surface area contributed by atoms with E-state index >= 15 is 0 Å². The lowest BCUT2D eigenvalue weighted by atomic mass is 10.0. The van der Waals surface area contributed by atoms with Crippen LogP contribution in [0.2, 0.25) is 0 Å². The van der Waals surface area contributed by atoms with Crippen LogP contribution >= 0.6 is 11.8 Å². The third-order valence-electron chi connectivity index (χ3n) is 5.89. The van der Waals surface area contributed by atoms with Gasteiger partial charge in [0.25, 0.3) is 5.91 Å². The van der Waals surface area contributed by atoms with Crippen molar-refractivity contribution in [3.05, 3.63) is 95.6 Å². The summed E-state index contributed by atoms with van der Waals surface area (Å²) in [6, 6.07) is 25.4. The topological polar surface area (TPSA) is 49.4 Å². The minimum Gasteiger partial charge on any atom is -0.322 e. The van der Waals surface area contributed by atoms with Crippen LogP contribution in [0.1, 0.15) is 59.5 Å². The second-order valence-corrected chi connectivity index (χ2v) is 9.41. The highest BCUT2D eigenvalue weighted by molar-refractivity contribution is 8.00. The number of nitrogens with zero attached hydrogens (tertiary/aromatic N) is 1. The zero-order chi connectivity index (χ0) is 23.0. The molecule has 4 nitrogen and oxygen atoms in total. The first-order valence-electron chi connectivity index (χ1n) is 11.6. The molecule has 0 aliphatic carbocycles. The Bertz CT molecular complexity index is 1070. The largest absolute Gasteiger partial charge is 0.322 e. The predicted molar refractivity (Wildman–Crippen MR) is 138 cm³/mol. The molecule has 0 bridgehead atoms. The molecule has 2 amide bonds. The van der Waals surface area contributed by atoms with E-state index in [-0.39, 0.29) is 17.2 Å². The van der Waals surface area contributed by atoms with Gasteiger partial charge in [0.2, 0.25) is 5.91 Å². The van der Waals surface area contributed by atoms with Gasteiger partial charge in [-0.15, -0.1) is 11.8 Å². The number of para-hydroxylation sites is 1. The van der Waals surface area contributed by atoms with Gasteiger partial charge < -0.3 is 5.32 Å². The molecule has 5 heteroatoms. The van der Waals surface area contributed by atoms with E-state index in [1.54, 1.807) is 11.8 Å². The number of carbonyl (C=O) groups is 2. The van der Waals surface area contributed by atoms with Gasteiger partial charge in [-0.25, -0.2) is 0 Å². The molecule has 1 aliphatic heterocycles. The molecule has 3 aromatic rings. The van der Waals surface area contributed by atoms with Gasteiger partial charge in [0.05, 0.1) is 5.75 Å². The lowest BCUT2D eigenvalue weighted by molar-refractivity contribution is -0.115. The molecule has 1 aliphatic rings. The van der Waals surface area contributed by atoms with Gasteiger partial charge in [0.1, 0.15) is 5.37 Å². The van der Waals surface area contributed by atoms with Crippen molar-refractivity contribution in [3.63, 3.8) is 0 Å². The number of aryl methyl sites for hydroxylation is 1. The zero-order valence-electron chi connectivity index (χ0n) is 19.0. The molecule has 0 unspecified atom stereocenters. The SMILES string of the molecule is CCCCCCc1ccc(C(=O)Nc2ccc([C@@H]3SCC(=O)N3c3ccccc3)cc2)cc1. The highest BCUT2D eigenvalue weighted by atomic mass is 32.2. The highest BCUT2D eigenvalue weighted by Gasteiger charge is 2.33. The third kappa shape index (κ3) is 5.85. The molecular formula is C28H30N2O2S. The fourth-order valence-corrected chi connectivity index (χ4v) is 5.23. The molecular weight excluding hydrogens is 428 g/mol. The van der Waals surface area contributed by atoms with Crippen molar-refractivity contribution >= 4 is 35.0 Å². The maximum atomic E-state index is 12.7. The van der Waals surface area contributed by atoms with Gasteiger partial charge in [-0.1, -0.05) is 68.7 Å². The van der Waals surface area contributed by atoms with Crippen LogP contribution < -0.4 is 10.2 Å². The minimum atomic E-state index is -0.114. The second kappa shape index (κ2) is 11.2. The van der Waals surface area contributed by atoms with E-state index in [9.17, 15) is 9.59 Å². The summed E-state index contributed by atoms with van der Waals surface area (Å²) >= 11 is 1.62. The molecule has 0 spiro atoms. The van der Waals surface area contributed by atoms with Gasteiger partial charge in [-0.3, -0.25) is 14.5 Å². The Labute approximate surface area is 200 Å². The number of unbranched alkanes of at least 4 members (excludes halogenated alkanes) is 3. The van der Waals surface area contributed by atoms with Gasteiger partial charge in [0.15, 0.2) is 0 Å². The normalized spacial score (nSPS) is 15.6. The smallest absolute Gasteiger partial charge is 0.255 e. The van der Waals surface area contributed by atoms with Gasteiger partial charge in [-0.2, -0.15) is 0 Å². The standard InChI is InChI=1S/C28H30N2O2S/c1-2-3-4-6-9-21-12-14-22(15-13-21)27(32)29-24-18-16-23(17-19-24)28-30(26(31)20-33-28)25-10-7-5-8-11-25/h5,7-8,10-19,28H,2-4,6,9,20H2,1H3,(H,29,32)/t28-/m0/s1. The first-order chi connectivity index (χ1) is 16.2.